The predicted molar refractivity (Wildman–Crippen MR) is 108 cm³/mol. The van der Waals surface area contributed by atoms with Gasteiger partial charge in [-0.05, 0) is 49.1 Å². The normalized spacial score (nSPS) is 13.4. The van der Waals surface area contributed by atoms with Gasteiger partial charge in [0.15, 0.2) is 0 Å². The topological polar surface area (TPSA) is 71.2 Å². The maximum absolute atomic E-state index is 12.1. The van der Waals surface area contributed by atoms with Crippen LogP contribution in [-0.2, 0) is 11.2 Å². The van der Waals surface area contributed by atoms with E-state index in [0.29, 0.717) is 12.1 Å². The van der Waals surface area contributed by atoms with Gasteiger partial charge in [0.05, 0.1) is 18.3 Å². The first-order valence-electron chi connectivity index (χ1n) is 8.06. The Hall–Kier alpha value is -1.98. The van der Waals surface area contributed by atoms with Gasteiger partial charge in [0.2, 0.25) is 5.91 Å². The van der Waals surface area contributed by atoms with E-state index in [4.69, 9.17) is 5.73 Å². The molecule has 2 aromatic rings. The summed E-state index contributed by atoms with van der Waals surface area (Å²) in [6.07, 6.45) is 5.80. The van der Waals surface area contributed by atoms with E-state index in [1.165, 1.54) is 19.3 Å². The molecule has 1 aliphatic rings. The van der Waals surface area contributed by atoms with E-state index in [2.05, 4.69) is 15.2 Å². The van der Waals surface area contributed by atoms with E-state index in [1.807, 2.05) is 24.3 Å². The highest BCUT2D eigenvalue weighted by atomic mass is 35.5. The fourth-order valence-corrected chi connectivity index (χ4v) is 2.80. The minimum absolute atomic E-state index is 0. The molecule has 0 bridgehead atoms. The quantitative estimate of drug-likeness (QED) is 0.791. The Morgan fingerprint density at radius 1 is 1.04 bits per heavy atom. The van der Waals surface area contributed by atoms with Crippen molar-refractivity contribution < 1.29 is 4.79 Å². The highest BCUT2D eigenvalue weighted by Crippen LogP contribution is 2.19. The fourth-order valence-electron chi connectivity index (χ4n) is 2.80. The molecule has 1 aromatic heterocycles. The Kier molecular flexibility index (Phi) is 8.52. The second-order valence-electron chi connectivity index (χ2n) is 5.92. The summed E-state index contributed by atoms with van der Waals surface area (Å²) < 4.78 is 0. The van der Waals surface area contributed by atoms with Crippen LogP contribution < -0.4 is 16.0 Å². The summed E-state index contributed by atoms with van der Waals surface area (Å²) in [5.74, 6) is 0.934. The molecule has 5 nitrogen and oxygen atoms in total. The predicted octanol–water partition coefficient (Wildman–Crippen LogP) is 3.68. The number of benzene rings is 1. The summed E-state index contributed by atoms with van der Waals surface area (Å²) in [7, 11) is 0. The number of nitrogens with one attached hydrogen (secondary N) is 1. The lowest BCUT2D eigenvalue weighted by atomic mass is 10.1. The van der Waals surface area contributed by atoms with Gasteiger partial charge in [-0.3, -0.25) is 4.79 Å². The van der Waals surface area contributed by atoms with E-state index in [1.54, 1.807) is 18.3 Å². The van der Waals surface area contributed by atoms with Crippen molar-refractivity contribution in [2.45, 2.75) is 25.7 Å². The van der Waals surface area contributed by atoms with Crippen LogP contribution >= 0.6 is 24.8 Å². The first-order valence-corrected chi connectivity index (χ1v) is 8.06. The zero-order valence-electron chi connectivity index (χ0n) is 14.0. The van der Waals surface area contributed by atoms with Crippen LogP contribution in [0.4, 0.5) is 17.2 Å². The second-order valence-corrected chi connectivity index (χ2v) is 5.92. The molecule has 1 aromatic carbocycles. The molecule has 1 saturated heterocycles. The van der Waals surface area contributed by atoms with Gasteiger partial charge in [-0.15, -0.1) is 24.8 Å². The molecule has 3 N–H and O–H groups in total. The van der Waals surface area contributed by atoms with Crippen molar-refractivity contribution in [2.24, 2.45) is 0 Å². The Balaban J connectivity index is 0.00000156. The lowest BCUT2D eigenvalue weighted by molar-refractivity contribution is -0.115. The van der Waals surface area contributed by atoms with Crippen LogP contribution in [0.3, 0.4) is 0 Å². The Labute approximate surface area is 160 Å². The zero-order valence-corrected chi connectivity index (χ0v) is 15.6. The van der Waals surface area contributed by atoms with Gasteiger partial charge >= 0.3 is 0 Å². The third-order valence-electron chi connectivity index (χ3n) is 4.06. The number of amides is 1. The van der Waals surface area contributed by atoms with Crippen LogP contribution in [0.25, 0.3) is 0 Å². The van der Waals surface area contributed by atoms with E-state index in [0.717, 1.165) is 30.2 Å². The number of carbonyl (C=O) groups is 1. The van der Waals surface area contributed by atoms with Crippen molar-refractivity contribution in [3.63, 3.8) is 0 Å². The number of nitrogens with two attached hydrogens (primary N) is 1. The standard InChI is InChI=1S/C18H22N4O.2ClH/c19-15-6-4-14(5-7-15)12-18(23)21-16-8-9-17(20-13-16)22-10-2-1-3-11-22;;/h4-9,13H,1-3,10-12,19H2,(H,21,23);2*1H. The highest BCUT2D eigenvalue weighted by molar-refractivity contribution is 5.92. The molecule has 136 valence electrons. The molecular weight excluding hydrogens is 359 g/mol. The minimum Gasteiger partial charge on any atom is -0.399 e. The largest absolute Gasteiger partial charge is 0.399 e. The lowest BCUT2D eigenvalue weighted by Crippen LogP contribution is -2.30. The third-order valence-corrected chi connectivity index (χ3v) is 4.06. The maximum atomic E-state index is 12.1. The van der Waals surface area contributed by atoms with Gasteiger partial charge in [0.1, 0.15) is 5.82 Å². The summed E-state index contributed by atoms with van der Waals surface area (Å²) >= 11 is 0. The number of aromatic nitrogens is 1. The Morgan fingerprint density at radius 3 is 2.32 bits per heavy atom. The van der Waals surface area contributed by atoms with Crippen molar-refractivity contribution in [1.82, 2.24) is 4.98 Å². The zero-order chi connectivity index (χ0) is 16.1. The summed E-state index contributed by atoms with van der Waals surface area (Å²) in [6.45, 7) is 2.13. The minimum atomic E-state index is -0.0534. The van der Waals surface area contributed by atoms with E-state index in [-0.39, 0.29) is 30.7 Å². The molecule has 3 rings (SSSR count). The molecule has 0 radical (unpaired) electrons. The number of piperidine rings is 1. The molecule has 0 spiro atoms. The van der Waals surface area contributed by atoms with E-state index >= 15 is 0 Å². The van der Waals surface area contributed by atoms with Crippen molar-refractivity contribution >= 4 is 47.9 Å². The third kappa shape index (κ3) is 6.11. The molecule has 0 atom stereocenters. The van der Waals surface area contributed by atoms with Gasteiger partial charge in [-0.1, -0.05) is 12.1 Å². The number of carbonyl (C=O) groups excluding carboxylic acids is 1. The molecule has 0 aliphatic carbocycles. The van der Waals surface area contributed by atoms with Crippen LogP contribution in [0.2, 0.25) is 0 Å². The fraction of sp³-hybridized carbons (Fsp3) is 0.333. The molecule has 1 aliphatic heterocycles. The number of hydrogen-bond acceptors (Lipinski definition) is 4. The number of nitrogen functional groups attached to an aromatic ring is 1. The molecule has 0 saturated carbocycles. The van der Waals surface area contributed by atoms with Crippen LogP contribution in [0, 0.1) is 0 Å². The molecule has 2 heterocycles. The molecule has 25 heavy (non-hydrogen) atoms. The van der Waals surface area contributed by atoms with E-state index < -0.39 is 0 Å². The number of anilines is 3. The molecule has 7 heteroatoms. The summed E-state index contributed by atoms with van der Waals surface area (Å²) in [6, 6.07) is 11.2. The van der Waals surface area contributed by atoms with Gasteiger partial charge in [-0.2, -0.15) is 0 Å². The van der Waals surface area contributed by atoms with Crippen LogP contribution in [0.5, 0.6) is 0 Å². The monoisotopic (exact) mass is 382 g/mol. The van der Waals surface area contributed by atoms with Gasteiger partial charge in [-0.25, -0.2) is 4.98 Å². The number of pyridine rings is 1. The van der Waals surface area contributed by atoms with Crippen LogP contribution in [0.1, 0.15) is 24.8 Å². The lowest BCUT2D eigenvalue weighted by Gasteiger charge is -2.27. The number of nitrogens with zero attached hydrogens (tertiary/aromatic N) is 2. The average molecular weight is 383 g/mol. The SMILES string of the molecule is Cl.Cl.Nc1ccc(CC(=O)Nc2ccc(N3CCCCC3)nc2)cc1. The highest BCUT2D eigenvalue weighted by Gasteiger charge is 2.12. The summed E-state index contributed by atoms with van der Waals surface area (Å²) in [4.78, 5) is 18.8. The number of halogens is 2. The smallest absolute Gasteiger partial charge is 0.228 e. The Bertz CT molecular complexity index is 656. The second kappa shape index (κ2) is 10.1. The van der Waals surface area contributed by atoms with Crippen molar-refractivity contribution in [3.05, 3.63) is 48.2 Å². The number of rotatable bonds is 4. The maximum Gasteiger partial charge on any atom is 0.228 e. The van der Waals surface area contributed by atoms with Gasteiger partial charge in [0, 0.05) is 18.8 Å². The molecule has 1 fully saturated rings. The van der Waals surface area contributed by atoms with Crippen molar-refractivity contribution in [1.29, 1.82) is 0 Å². The average Bonchev–Trinajstić information content (AvgIpc) is 2.58. The van der Waals surface area contributed by atoms with Crippen molar-refractivity contribution in [3.8, 4) is 0 Å². The number of hydrogen-bond donors (Lipinski definition) is 2. The van der Waals surface area contributed by atoms with Crippen LogP contribution in [0.15, 0.2) is 42.6 Å². The summed E-state index contributed by atoms with van der Waals surface area (Å²) in [5, 5.41) is 2.88. The van der Waals surface area contributed by atoms with Crippen LogP contribution in [-0.4, -0.2) is 24.0 Å². The van der Waals surface area contributed by atoms with Gasteiger partial charge < -0.3 is 16.0 Å². The summed E-state index contributed by atoms with van der Waals surface area (Å²) in [5.41, 5.74) is 8.01. The molecule has 0 unspecified atom stereocenters. The van der Waals surface area contributed by atoms with E-state index in [9.17, 15) is 4.79 Å². The van der Waals surface area contributed by atoms with Crippen molar-refractivity contribution in [2.75, 3.05) is 29.0 Å². The van der Waals surface area contributed by atoms with Gasteiger partial charge in [0.25, 0.3) is 0 Å². The molecular formula is C18H24Cl2N4O. The first-order chi connectivity index (χ1) is 11.2. The Morgan fingerprint density at radius 2 is 1.72 bits per heavy atom. The first kappa shape index (κ1) is 21.1. The molecule has 1 amide bonds.